The average Bonchev–Trinajstić information content (AvgIpc) is 2.44. The van der Waals surface area contributed by atoms with Gasteiger partial charge in [0.15, 0.2) is 11.5 Å². The molecule has 0 atom stereocenters. The smallest absolute Gasteiger partial charge is 0.161 e. The highest BCUT2D eigenvalue weighted by molar-refractivity contribution is 7.80. The largest absolute Gasteiger partial charge is 0.490 e. The van der Waals surface area contributed by atoms with Crippen LogP contribution in [0.3, 0.4) is 0 Å². The van der Waals surface area contributed by atoms with Gasteiger partial charge in [0.2, 0.25) is 0 Å². The summed E-state index contributed by atoms with van der Waals surface area (Å²) in [5.41, 5.74) is 1.21. The average molecular weight is 281 g/mol. The lowest BCUT2D eigenvalue weighted by molar-refractivity contribution is 0.276. The van der Waals surface area contributed by atoms with Gasteiger partial charge in [0.25, 0.3) is 0 Å². The second kappa shape index (κ2) is 8.75. The van der Waals surface area contributed by atoms with Gasteiger partial charge in [0.1, 0.15) is 0 Å². The molecule has 3 nitrogen and oxygen atoms in total. The lowest BCUT2D eigenvalue weighted by Gasteiger charge is -2.13. The Labute approximate surface area is 121 Å². The molecule has 0 bridgehead atoms. The number of ether oxygens (including phenoxy) is 2. The molecule has 0 amide bonds. The number of rotatable bonds is 8. The Morgan fingerprint density at radius 1 is 1.21 bits per heavy atom. The second-order valence-corrected chi connectivity index (χ2v) is 4.73. The third-order valence-corrected chi connectivity index (χ3v) is 3.10. The lowest BCUT2D eigenvalue weighted by atomic mass is 10.1. The van der Waals surface area contributed by atoms with Crippen LogP contribution in [0.15, 0.2) is 18.2 Å². The molecule has 1 aromatic carbocycles. The van der Waals surface area contributed by atoms with Gasteiger partial charge in [-0.15, -0.1) is 0 Å². The summed E-state index contributed by atoms with van der Waals surface area (Å²) in [4.78, 5) is 0.879. The van der Waals surface area contributed by atoms with Crippen molar-refractivity contribution in [2.45, 2.75) is 33.1 Å². The maximum absolute atomic E-state index is 5.68. The molecular formula is C15H23NO2S. The molecule has 19 heavy (non-hydrogen) atoms. The van der Waals surface area contributed by atoms with Crippen LogP contribution in [0.4, 0.5) is 0 Å². The molecule has 0 saturated carbocycles. The molecule has 1 aromatic rings. The van der Waals surface area contributed by atoms with Crippen LogP contribution >= 0.6 is 12.2 Å². The quantitative estimate of drug-likeness (QED) is 0.740. The van der Waals surface area contributed by atoms with Crippen molar-refractivity contribution in [2.24, 2.45) is 0 Å². The van der Waals surface area contributed by atoms with Crippen molar-refractivity contribution in [2.75, 3.05) is 20.3 Å². The van der Waals surface area contributed by atoms with Crippen molar-refractivity contribution in [1.29, 1.82) is 0 Å². The predicted molar refractivity (Wildman–Crippen MR) is 83.4 cm³/mol. The summed E-state index contributed by atoms with van der Waals surface area (Å²) in [6.45, 7) is 5.42. The van der Waals surface area contributed by atoms with Gasteiger partial charge in [-0.2, -0.15) is 0 Å². The van der Waals surface area contributed by atoms with Gasteiger partial charge in [-0.05, 0) is 37.5 Å². The number of thiocarbonyl (C=S) groups is 1. The maximum Gasteiger partial charge on any atom is 0.161 e. The molecule has 0 aliphatic rings. The Morgan fingerprint density at radius 2 is 2.00 bits per heavy atom. The van der Waals surface area contributed by atoms with E-state index in [1.807, 2.05) is 26.1 Å². The van der Waals surface area contributed by atoms with Gasteiger partial charge in [-0.1, -0.05) is 25.2 Å². The monoisotopic (exact) mass is 281 g/mol. The Bertz CT molecular complexity index is 407. The zero-order chi connectivity index (χ0) is 14.1. The van der Waals surface area contributed by atoms with Crippen LogP contribution in [0, 0.1) is 0 Å². The number of benzene rings is 1. The van der Waals surface area contributed by atoms with E-state index in [-0.39, 0.29) is 0 Å². The second-order valence-electron chi connectivity index (χ2n) is 4.24. The minimum atomic E-state index is 0.640. The summed E-state index contributed by atoms with van der Waals surface area (Å²) in [5.74, 6) is 1.65. The molecule has 1 rings (SSSR count). The Morgan fingerprint density at radius 3 is 2.63 bits per heavy atom. The molecule has 0 unspecified atom stereocenters. The summed E-state index contributed by atoms with van der Waals surface area (Å²) in [7, 11) is 1.86. The van der Waals surface area contributed by atoms with E-state index >= 15 is 0 Å². The maximum atomic E-state index is 5.68. The zero-order valence-corrected chi connectivity index (χ0v) is 12.8. The van der Waals surface area contributed by atoms with E-state index in [9.17, 15) is 0 Å². The van der Waals surface area contributed by atoms with Crippen LogP contribution in [0.5, 0.6) is 11.5 Å². The molecule has 0 aromatic heterocycles. The molecule has 0 spiro atoms. The van der Waals surface area contributed by atoms with Gasteiger partial charge < -0.3 is 14.8 Å². The van der Waals surface area contributed by atoms with Crippen molar-refractivity contribution in [1.82, 2.24) is 5.32 Å². The SMILES string of the molecule is CCCOc1ccc(CCC(=S)NC)cc1OCC. The fourth-order valence-electron chi connectivity index (χ4n) is 1.69. The highest BCUT2D eigenvalue weighted by atomic mass is 32.1. The van der Waals surface area contributed by atoms with Gasteiger partial charge in [0.05, 0.1) is 18.2 Å². The third kappa shape index (κ3) is 5.47. The van der Waals surface area contributed by atoms with Crippen molar-refractivity contribution in [3.8, 4) is 11.5 Å². The lowest BCUT2D eigenvalue weighted by Crippen LogP contribution is -2.15. The molecule has 0 radical (unpaired) electrons. The molecule has 0 aliphatic heterocycles. The first kappa shape index (κ1) is 15.8. The van der Waals surface area contributed by atoms with Gasteiger partial charge in [0, 0.05) is 13.5 Å². The van der Waals surface area contributed by atoms with Crippen molar-refractivity contribution in [3.63, 3.8) is 0 Å². The molecule has 4 heteroatoms. The fraction of sp³-hybridized carbons (Fsp3) is 0.533. The van der Waals surface area contributed by atoms with E-state index in [2.05, 4.69) is 18.3 Å². The van der Waals surface area contributed by atoms with Gasteiger partial charge in [-0.3, -0.25) is 0 Å². The number of nitrogens with one attached hydrogen (secondary N) is 1. The standard InChI is InChI=1S/C15H23NO2S/c1-4-10-18-13-8-6-12(7-9-15(19)16-3)11-14(13)17-5-2/h6,8,11H,4-5,7,9-10H2,1-3H3,(H,16,19). The third-order valence-electron chi connectivity index (χ3n) is 2.69. The first-order valence-electron chi connectivity index (χ1n) is 6.80. The van der Waals surface area contributed by atoms with Crippen LogP contribution in [-0.2, 0) is 6.42 Å². The summed E-state index contributed by atoms with van der Waals surface area (Å²) in [6.07, 6.45) is 2.75. The van der Waals surface area contributed by atoms with E-state index in [4.69, 9.17) is 21.7 Å². The van der Waals surface area contributed by atoms with E-state index in [1.165, 1.54) is 5.56 Å². The molecule has 0 aliphatic carbocycles. The highest BCUT2D eigenvalue weighted by Crippen LogP contribution is 2.29. The fourth-order valence-corrected chi connectivity index (χ4v) is 1.79. The Kier molecular flexibility index (Phi) is 7.26. The van der Waals surface area contributed by atoms with E-state index < -0.39 is 0 Å². The van der Waals surface area contributed by atoms with Gasteiger partial charge >= 0.3 is 0 Å². The van der Waals surface area contributed by atoms with Gasteiger partial charge in [-0.25, -0.2) is 0 Å². The van der Waals surface area contributed by atoms with Crippen LogP contribution in [0.2, 0.25) is 0 Å². The summed E-state index contributed by atoms with van der Waals surface area (Å²) < 4.78 is 11.3. The predicted octanol–water partition coefficient (Wildman–Crippen LogP) is 3.35. The molecule has 106 valence electrons. The highest BCUT2D eigenvalue weighted by Gasteiger charge is 2.07. The molecule has 0 fully saturated rings. The van der Waals surface area contributed by atoms with E-state index in [0.717, 1.165) is 35.7 Å². The summed E-state index contributed by atoms with van der Waals surface area (Å²) in [6, 6.07) is 6.11. The molecule has 1 N–H and O–H groups in total. The topological polar surface area (TPSA) is 30.5 Å². The van der Waals surface area contributed by atoms with Crippen LogP contribution in [0.1, 0.15) is 32.3 Å². The van der Waals surface area contributed by atoms with E-state index in [0.29, 0.717) is 13.2 Å². The molecule has 0 heterocycles. The van der Waals surface area contributed by atoms with Crippen molar-refractivity contribution < 1.29 is 9.47 Å². The zero-order valence-electron chi connectivity index (χ0n) is 12.0. The summed E-state index contributed by atoms with van der Waals surface area (Å²) >= 11 is 5.15. The number of hydrogen-bond acceptors (Lipinski definition) is 3. The minimum absolute atomic E-state index is 0.640. The minimum Gasteiger partial charge on any atom is -0.490 e. The van der Waals surface area contributed by atoms with Crippen LogP contribution in [-0.4, -0.2) is 25.2 Å². The number of hydrogen-bond donors (Lipinski definition) is 1. The van der Waals surface area contributed by atoms with Crippen molar-refractivity contribution in [3.05, 3.63) is 23.8 Å². The summed E-state index contributed by atoms with van der Waals surface area (Å²) in [5, 5.41) is 2.99. The first-order valence-corrected chi connectivity index (χ1v) is 7.21. The van der Waals surface area contributed by atoms with Crippen LogP contribution < -0.4 is 14.8 Å². The number of aryl methyl sites for hydroxylation is 1. The molecule has 0 saturated heterocycles. The Balaban J connectivity index is 2.73. The normalized spacial score (nSPS) is 10.1. The van der Waals surface area contributed by atoms with E-state index in [1.54, 1.807) is 0 Å². The Hall–Kier alpha value is -1.29. The molecular weight excluding hydrogens is 258 g/mol. The van der Waals surface area contributed by atoms with Crippen LogP contribution in [0.25, 0.3) is 0 Å². The van der Waals surface area contributed by atoms with Crippen molar-refractivity contribution >= 4 is 17.2 Å². The first-order chi connectivity index (χ1) is 9.21.